The highest BCUT2D eigenvalue weighted by atomic mass is 16.5. The number of fused-ring (bicyclic) bond motifs is 3. The van der Waals surface area contributed by atoms with E-state index in [4.69, 9.17) is 9.47 Å². The van der Waals surface area contributed by atoms with Crippen LogP contribution >= 0.6 is 0 Å². The minimum atomic E-state index is -0.311. The summed E-state index contributed by atoms with van der Waals surface area (Å²) in [5.41, 5.74) is 2.14. The molecule has 1 N–H and O–H groups in total. The van der Waals surface area contributed by atoms with Gasteiger partial charge < -0.3 is 14.6 Å². The first-order valence-corrected chi connectivity index (χ1v) is 16.9. The second kappa shape index (κ2) is 10.2. The molecule has 4 fully saturated rings. The Bertz CT molecular complexity index is 1220. The van der Waals surface area contributed by atoms with Crippen molar-refractivity contribution in [3.63, 3.8) is 0 Å². The molecule has 4 heteroatoms. The van der Waals surface area contributed by atoms with Crippen molar-refractivity contribution in [3.05, 3.63) is 47.5 Å². The van der Waals surface area contributed by atoms with Crippen molar-refractivity contribution in [3.8, 4) is 0 Å². The highest BCUT2D eigenvalue weighted by Gasteiger charge is 2.71. The molecule has 11 atom stereocenters. The van der Waals surface area contributed by atoms with Crippen molar-refractivity contribution < 1.29 is 19.4 Å². The number of ether oxygens (including phenoxy) is 2. The maximum absolute atomic E-state index is 14.5. The van der Waals surface area contributed by atoms with Gasteiger partial charge in [0.05, 0.1) is 25.2 Å². The van der Waals surface area contributed by atoms with E-state index in [1.54, 1.807) is 5.57 Å². The molecule has 6 rings (SSSR count). The molecule has 1 heterocycles. The summed E-state index contributed by atoms with van der Waals surface area (Å²) < 4.78 is 12.7. The number of hydrogen-bond donors (Lipinski definition) is 1. The van der Waals surface area contributed by atoms with Crippen molar-refractivity contribution in [1.82, 2.24) is 0 Å². The molecule has 0 aromatic heterocycles. The van der Waals surface area contributed by atoms with Gasteiger partial charge >= 0.3 is 5.97 Å². The number of hydrogen-bond acceptors (Lipinski definition) is 4. The summed E-state index contributed by atoms with van der Waals surface area (Å²) in [5.74, 6) is 1.88. The van der Waals surface area contributed by atoms with Crippen molar-refractivity contribution in [2.45, 2.75) is 107 Å². The van der Waals surface area contributed by atoms with E-state index >= 15 is 0 Å². The van der Waals surface area contributed by atoms with Gasteiger partial charge in [-0.2, -0.15) is 0 Å². The first-order valence-electron chi connectivity index (χ1n) is 16.9. The molecule has 1 aromatic rings. The smallest absolute Gasteiger partial charge is 0.310 e. The van der Waals surface area contributed by atoms with Gasteiger partial charge in [-0.15, -0.1) is 0 Å². The molecule has 232 valence electrons. The van der Waals surface area contributed by atoms with Crippen molar-refractivity contribution in [2.75, 3.05) is 13.2 Å². The van der Waals surface area contributed by atoms with Gasteiger partial charge in [-0.3, -0.25) is 4.79 Å². The number of esters is 1. The minimum absolute atomic E-state index is 0.00338. The molecule has 2 bridgehead atoms. The van der Waals surface area contributed by atoms with Crippen LogP contribution in [-0.4, -0.2) is 30.4 Å². The Morgan fingerprint density at radius 2 is 1.74 bits per heavy atom. The molecule has 42 heavy (non-hydrogen) atoms. The largest absolute Gasteiger partial charge is 0.461 e. The summed E-state index contributed by atoms with van der Waals surface area (Å²) in [6.07, 6.45) is 8.65. The summed E-state index contributed by atoms with van der Waals surface area (Å²) in [6.45, 7) is 20.7. The van der Waals surface area contributed by atoms with Gasteiger partial charge in [-0.1, -0.05) is 97.4 Å². The zero-order chi connectivity index (χ0) is 30.3. The number of aliphatic hydroxyl groups excluding tert-OH is 1. The number of aliphatic hydroxyl groups is 1. The first kappa shape index (κ1) is 30.4. The fourth-order valence-electron chi connectivity index (χ4n) is 11.8. The number of benzene rings is 1. The van der Waals surface area contributed by atoms with E-state index in [2.05, 4.69) is 61.5 Å². The molecular formula is C38H56O4. The van der Waals surface area contributed by atoms with Crippen molar-refractivity contribution in [2.24, 2.45) is 62.6 Å². The SMILES string of the molecule is CC(C)[C@@H](C)[C@@]1(C)CC[C@]2(C)[C@H]3CC[C@@H]4[C@@]5(COC[C@@]4(C)[C@@H](O)[C@H](C)C5)C3=CC[C@@]2(C)[C@@H]1C(=O)OCc1ccccc1. The standard InChI is InChI=1S/C38H56O4/c1-24(2)26(4)34(5)18-19-36(7)28-14-15-30-35(6)22-41-23-38(30,20-25(3)32(35)39)29(28)16-17-37(36,8)31(34)33(40)42-21-27-12-10-9-11-13-27/h9-13,16,24-26,28,30-32,39H,14-15,17-23H2,1-8H3/t25-,26-,28+,30+,31-,32+,34-,35-,36-,37+,38+/m1/s1. The van der Waals surface area contributed by atoms with Crippen LogP contribution in [0.5, 0.6) is 0 Å². The van der Waals surface area contributed by atoms with Gasteiger partial charge in [-0.05, 0) is 89.9 Å². The Hall–Kier alpha value is -1.65. The lowest BCUT2D eigenvalue weighted by Gasteiger charge is -2.71. The van der Waals surface area contributed by atoms with Gasteiger partial charge in [0.2, 0.25) is 0 Å². The van der Waals surface area contributed by atoms with Crippen LogP contribution in [0.3, 0.4) is 0 Å². The molecule has 0 amide bonds. The van der Waals surface area contributed by atoms with E-state index in [9.17, 15) is 9.90 Å². The molecule has 1 aromatic carbocycles. The van der Waals surface area contributed by atoms with E-state index in [0.717, 1.165) is 50.7 Å². The van der Waals surface area contributed by atoms with Crippen LogP contribution in [0.1, 0.15) is 99.5 Å². The van der Waals surface area contributed by atoms with Crippen LogP contribution in [0.15, 0.2) is 42.0 Å². The number of carbonyl (C=O) groups excluding carboxylic acids is 1. The highest BCUT2D eigenvalue weighted by Crippen LogP contribution is 2.75. The fraction of sp³-hybridized carbons (Fsp3) is 0.763. The Morgan fingerprint density at radius 3 is 2.43 bits per heavy atom. The van der Waals surface area contributed by atoms with Crippen molar-refractivity contribution >= 4 is 5.97 Å². The van der Waals surface area contributed by atoms with Crippen LogP contribution in [0.25, 0.3) is 0 Å². The molecule has 4 aliphatic carbocycles. The zero-order valence-electron chi connectivity index (χ0n) is 27.5. The van der Waals surface area contributed by atoms with Crippen LogP contribution in [0.2, 0.25) is 0 Å². The molecule has 0 spiro atoms. The summed E-state index contributed by atoms with van der Waals surface area (Å²) in [6, 6.07) is 10.1. The molecule has 5 aliphatic rings. The maximum Gasteiger partial charge on any atom is 0.310 e. The van der Waals surface area contributed by atoms with Crippen LogP contribution < -0.4 is 0 Å². The van der Waals surface area contributed by atoms with E-state index in [0.29, 0.717) is 36.9 Å². The van der Waals surface area contributed by atoms with Gasteiger partial charge in [-0.25, -0.2) is 0 Å². The number of allylic oxidation sites excluding steroid dienone is 1. The maximum atomic E-state index is 14.5. The molecule has 1 aliphatic heterocycles. The third kappa shape index (κ3) is 4.02. The normalized spacial score (nSPS) is 47.0. The molecule has 4 nitrogen and oxygen atoms in total. The summed E-state index contributed by atoms with van der Waals surface area (Å²) in [5, 5.41) is 11.4. The van der Waals surface area contributed by atoms with Crippen LogP contribution in [-0.2, 0) is 20.9 Å². The highest BCUT2D eigenvalue weighted by molar-refractivity contribution is 5.75. The van der Waals surface area contributed by atoms with E-state index in [-0.39, 0.29) is 51.0 Å². The zero-order valence-corrected chi connectivity index (χ0v) is 27.5. The molecule has 0 unspecified atom stereocenters. The minimum Gasteiger partial charge on any atom is -0.461 e. The quantitative estimate of drug-likeness (QED) is 0.283. The Kier molecular flexibility index (Phi) is 7.37. The summed E-state index contributed by atoms with van der Waals surface area (Å²) >= 11 is 0. The average Bonchev–Trinajstić information content (AvgIpc) is 2.95. The third-order valence-electron chi connectivity index (χ3n) is 14.6. The average molecular weight is 577 g/mol. The van der Waals surface area contributed by atoms with E-state index in [1.165, 1.54) is 0 Å². The Morgan fingerprint density at radius 1 is 1.02 bits per heavy atom. The lowest BCUT2D eigenvalue weighted by atomic mass is 9.34. The summed E-state index contributed by atoms with van der Waals surface area (Å²) in [4.78, 5) is 14.5. The molecule has 1 saturated heterocycles. The van der Waals surface area contributed by atoms with Gasteiger partial charge in [0.1, 0.15) is 6.61 Å². The number of carbonyl (C=O) groups is 1. The fourth-order valence-corrected chi connectivity index (χ4v) is 11.8. The second-order valence-corrected chi connectivity index (χ2v) is 16.7. The van der Waals surface area contributed by atoms with Crippen LogP contribution in [0, 0.1) is 62.6 Å². The van der Waals surface area contributed by atoms with Gasteiger partial charge in [0.25, 0.3) is 0 Å². The first-order chi connectivity index (χ1) is 19.7. The van der Waals surface area contributed by atoms with Crippen LogP contribution in [0.4, 0.5) is 0 Å². The lowest BCUT2D eigenvalue weighted by molar-refractivity contribution is -0.241. The van der Waals surface area contributed by atoms with E-state index in [1.807, 2.05) is 30.3 Å². The Balaban J connectivity index is 1.42. The predicted octanol–water partition coefficient (Wildman–Crippen LogP) is 8.23. The van der Waals surface area contributed by atoms with Crippen molar-refractivity contribution in [1.29, 1.82) is 0 Å². The van der Waals surface area contributed by atoms with Gasteiger partial charge in [0.15, 0.2) is 0 Å². The lowest BCUT2D eigenvalue weighted by Crippen LogP contribution is -2.68. The topological polar surface area (TPSA) is 55.8 Å². The third-order valence-corrected chi connectivity index (χ3v) is 14.6. The van der Waals surface area contributed by atoms with Gasteiger partial charge in [0, 0.05) is 10.8 Å². The van der Waals surface area contributed by atoms with E-state index < -0.39 is 0 Å². The molecule has 0 radical (unpaired) electrons. The Labute approximate surface area is 255 Å². The second-order valence-electron chi connectivity index (χ2n) is 16.7. The predicted molar refractivity (Wildman–Crippen MR) is 167 cm³/mol. The number of rotatable bonds is 5. The monoisotopic (exact) mass is 576 g/mol. The molecular weight excluding hydrogens is 520 g/mol. The molecule has 3 saturated carbocycles. The summed E-state index contributed by atoms with van der Waals surface area (Å²) in [7, 11) is 0.